The third-order valence-corrected chi connectivity index (χ3v) is 5.45. The average Bonchev–Trinajstić information content (AvgIpc) is 3.15. The van der Waals surface area contributed by atoms with Crippen molar-refractivity contribution in [2.24, 2.45) is 0 Å². The van der Waals surface area contributed by atoms with Crippen molar-refractivity contribution in [3.05, 3.63) is 70.7 Å². The Morgan fingerprint density at radius 1 is 1.13 bits per heavy atom. The van der Waals surface area contributed by atoms with Gasteiger partial charge in [0.2, 0.25) is 5.91 Å². The molecule has 30 heavy (non-hydrogen) atoms. The zero-order valence-electron chi connectivity index (χ0n) is 16.7. The van der Waals surface area contributed by atoms with Gasteiger partial charge < -0.3 is 5.32 Å². The lowest BCUT2D eigenvalue weighted by Gasteiger charge is -2.17. The molecule has 3 rings (SSSR count). The van der Waals surface area contributed by atoms with E-state index in [1.807, 2.05) is 17.5 Å². The van der Waals surface area contributed by atoms with Crippen LogP contribution < -0.4 is 5.32 Å². The lowest BCUT2D eigenvalue weighted by Crippen LogP contribution is -2.30. The molecular weight excluding hydrogens is 411 g/mol. The number of aromatic nitrogens is 1. The molecule has 1 N–H and O–H groups in total. The second kappa shape index (κ2) is 9.40. The molecule has 8 heteroatoms. The summed E-state index contributed by atoms with van der Waals surface area (Å²) in [4.78, 5) is 18.6. The van der Waals surface area contributed by atoms with Crippen molar-refractivity contribution in [3.8, 4) is 10.6 Å². The molecule has 1 heterocycles. The van der Waals surface area contributed by atoms with E-state index in [2.05, 4.69) is 29.4 Å². The van der Waals surface area contributed by atoms with Gasteiger partial charge in [0.15, 0.2) is 0 Å². The van der Waals surface area contributed by atoms with E-state index in [1.165, 1.54) is 35.1 Å². The van der Waals surface area contributed by atoms with Gasteiger partial charge in [-0.05, 0) is 31.2 Å². The summed E-state index contributed by atoms with van der Waals surface area (Å²) in [6.45, 7) is 2.46. The Balaban J connectivity index is 1.59. The Kier molecular flexibility index (Phi) is 6.89. The van der Waals surface area contributed by atoms with Gasteiger partial charge in [0.25, 0.3) is 0 Å². The summed E-state index contributed by atoms with van der Waals surface area (Å²) in [5.74, 6) is -0.514. The SMILES string of the molecule is CCc1ccc(-c2nc(CN(C)CC(=O)Nc3ccccc3C(F)(F)F)cs2)cc1. The summed E-state index contributed by atoms with van der Waals surface area (Å²) in [7, 11) is 1.73. The van der Waals surface area contributed by atoms with Gasteiger partial charge in [-0.2, -0.15) is 13.2 Å². The van der Waals surface area contributed by atoms with Crippen LogP contribution in [0.5, 0.6) is 0 Å². The lowest BCUT2D eigenvalue weighted by molar-refractivity contribution is -0.137. The standard InChI is InChI=1S/C22H22F3N3OS/c1-3-15-8-10-16(11-9-15)21-26-17(14-30-21)12-28(2)13-20(29)27-19-7-5-4-6-18(19)22(23,24)25/h4-11,14H,3,12-13H2,1-2H3,(H,27,29). The second-order valence-electron chi connectivity index (χ2n) is 6.96. The Hall–Kier alpha value is -2.71. The number of rotatable bonds is 7. The molecule has 0 atom stereocenters. The van der Waals surface area contributed by atoms with Crippen LogP contribution in [0.3, 0.4) is 0 Å². The van der Waals surface area contributed by atoms with Gasteiger partial charge >= 0.3 is 6.18 Å². The third kappa shape index (κ3) is 5.67. The number of alkyl halides is 3. The Bertz CT molecular complexity index is 999. The summed E-state index contributed by atoms with van der Waals surface area (Å²) in [6, 6.07) is 13.2. The number of likely N-dealkylation sites (N-methyl/N-ethyl adjacent to an activating group) is 1. The molecule has 0 fully saturated rings. The zero-order valence-corrected chi connectivity index (χ0v) is 17.5. The summed E-state index contributed by atoms with van der Waals surface area (Å²) in [5, 5.41) is 5.18. The summed E-state index contributed by atoms with van der Waals surface area (Å²) >= 11 is 1.52. The molecule has 0 saturated heterocycles. The highest BCUT2D eigenvalue weighted by atomic mass is 32.1. The maximum absolute atomic E-state index is 13.1. The minimum absolute atomic E-state index is 0.0513. The molecule has 158 valence electrons. The average molecular weight is 433 g/mol. The highest BCUT2D eigenvalue weighted by Crippen LogP contribution is 2.34. The number of carbonyl (C=O) groups is 1. The number of para-hydroxylation sites is 1. The van der Waals surface area contributed by atoms with Gasteiger partial charge in [-0.1, -0.05) is 43.3 Å². The molecule has 4 nitrogen and oxygen atoms in total. The molecule has 1 amide bonds. The normalized spacial score (nSPS) is 11.7. The third-order valence-electron chi connectivity index (χ3n) is 4.51. The van der Waals surface area contributed by atoms with Crippen molar-refractivity contribution in [3.63, 3.8) is 0 Å². The van der Waals surface area contributed by atoms with E-state index in [4.69, 9.17) is 0 Å². The number of nitrogens with one attached hydrogen (secondary N) is 1. The van der Waals surface area contributed by atoms with E-state index in [1.54, 1.807) is 11.9 Å². The summed E-state index contributed by atoms with van der Waals surface area (Å²) in [6.07, 6.45) is -3.55. The molecule has 0 aliphatic rings. The highest BCUT2D eigenvalue weighted by Gasteiger charge is 2.33. The van der Waals surface area contributed by atoms with E-state index in [9.17, 15) is 18.0 Å². The fourth-order valence-corrected chi connectivity index (χ4v) is 3.82. The Morgan fingerprint density at radius 2 is 1.83 bits per heavy atom. The molecule has 1 aromatic heterocycles. The number of benzene rings is 2. The van der Waals surface area contributed by atoms with Gasteiger partial charge in [0, 0.05) is 17.5 Å². The molecule has 0 saturated carbocycles. The Morgan fingerprint density at radius 3 is 2.50 bits per heavy atom. The van der Waals surface area contributed by atoms with Crippen molar-refractivity contribution < 1.29 is 18.0 Å². The van der Waals surface area contributed by atoms with Crippen LogP contribution in [0.2, 0.25) is 0 Å². The quantitative estimate of drug-likeness (QED) is 0.538. The fourth-order valence-electron chi connectivity index (χ4n) is 3.00. The van der Waals surface area contributed by atoms with Crippen molar-refractivity contribution in [1.29, 1.82) is 0 Å². The van der Waals surface area contributed by atoms with Gasteiger partial charge in [0.05, 0.1) is 23.5 Å². The van der Waals surface area contributed by atoms with E-state index in [-0.39, 0.29) is 12.2 Å². The molecule has 2 aromatic carbocycles. The molecule has 0 bridgehead atoms. The van der Waals surface area contributed by atoms with Crippen molar-refractivity contribution in [1.82, 2.24) is 9.88 Å². The Labute approximate surface area is 177 Å². The molecule has 3 aromatic rings. The van der Waals surface area contributed by atoms with Crippen LogP contribution in [0.1, 0.15) is 23.7 Å². The van der Waals surface area contributed by atoms with Crippen LogP contribution in [-0.4, -0.2) is 29.4 Å². The maximum Gasteiger partial charge on any atom is 0.418 e. The molecule has 0 aliphatic carbocycles. The number of thiazole rings is 1. The smallest absolute Gasteiger partial charge is 0.324 e. The number of halogens is 3. The molecule has 0 unspecified atom stereocenters. The number of nitrogens with zero attached hydrogens (tertiary/aromatic N) is 2. The first-order valence-electron chi connectivity index (χ1n) is 9.44. The van der Waals surface area contributed by atoms with E-state index >= 15 is 0 Å². The van der Waals surface area contributed by atoms with Gasteiger partial charge in [0.1, 0.15) is 5.01 Å². The predicted octanol–water partition coefficient (Wildman–Crippen LogP) is 5.46. The van der Waals surface area contributed by atoms with Gasteiger partial charge in [-0.15, -0.1) is 11.3 Å². The van der Waals surface area contributed by atoms with Crippen LogP contribution in [0.15, 0.2) is 53.9 Å². The number of carbonyl (C=O) groups excluding carboxylic acids is 1. The first-order valence-corrected chi connectivity index (χ1v) is 10.3. The number of hydrogen-bond donors (Lipinski definition) is 1. The van der Waals surface area contributed by atoms with Crippen molar-refractivity contribution in [2.45, 2.75) is 26.1 Å². The topological polar surface area (TPSA) is 45.2 Å². The van der Waals surface area contributed by atoms with Gasteiger partial charge in [-0.3, -0.25) is 9.69 Å². The minimum Gasteiger partial charge on any atom is -0.324 e. The highest BCUT2D eigenvalue weighted by molar-refractivity contribution is 7.13. The fraction of sp³-hybridized carbons (Fsp3) is 0.273. The van der Waals surface area contributed by atoms with Crippen LogP contribution >= 0.6 is 11.3 Å². The number of hydrogen-bond acceptors (Lipinski definition) is 4. The van der Waals surface area contributed by atoms with Crippen LogP contribution in [0, 0.1) is 0 Å². The van der Waals surface area contributed by atoms with E-state index < -0.39 is 17.6 Å². The van der Waals surface area contributed by atoms with E-state index in [0.717, 1.165) is 28.8 Å². The summed E-state index contributed by atoms with van der Waals surface area (Å²) < 4.78 is 39.2. The predicted molar refractivity (Wildman–Crippen MR) is 113 cm³/mol. The first-order chi connectivity index (χ1) is 14.3. The molecule has 0 spiro atoms. The number of aryl methyl sites for hydroxylation is 1. The largest absolute Gasteiger partial charge is 0.418 e. The summed E-state index contributed by atoms with van der Waals surface area (Å²) in [5.41, 5.74) is 2.00. The minimum atomic E-state index is -4.53. The van der Waals surface area contributed by atoms with Crippen LogP contribution in [-0.2, 0) is 23.9 Å². The second-order valence-corrected chi connectivity index (χ2v) is 7.82. The lowest BCUT2D eigenvalue weighted by atomic mass is 10.1. The van der Waals surface area contributed by atoms with Gasteiger partial charge in [-0.25, -0.2) is 4.98 Å². The monoisotopic (exact) mass is 433 g/mol. The number of amides is 1. The van der Waals surface area contributed by atoms with E-state index in [0.29, 0.717) is 6.54 Å². The van der Waals surface area contributed by atoms with Crippen LogP contribution in [0.25, 0.3) is 10.6 Å². The zero-order chi connectivity index (χ0) is 21.7. The molecule has 0 aliphatic heterocycles. The maximum atomic E-state index is 13.1. The molecule has 0 radical (unpaired) electrons. The first kappa shape index (κ1) is 22.0. The molecular formula is C22H22F3N3OS. The number of anilines is 1. The van der Waals surface area contributed by atoms with Crippen molar-refractivity contribution in [2.75, 3.05) is 18.9 Å². The van der Waals surface area contributed by atoms with Crippen molar-refractivity contribution >= 4 is 22.9 Å². The van der Waals surface area contributed by atoms with Crippen LogP contribution in [0.4, 0.5) is 18.9 Å².